The number of carbonyl (C=O) groups is 1. The Hall–Kier alpha value is -1.05. The van der Waals surface area contributed by atoms with E-state index in [1.165, 1.54) is 17.6 Å². The second-order valence-electron chi connectivity index (χ2n) is 4.45. The number of hydrogen-bond donors (Lipinski definition) is 0. The third-order valence-electron chi connectivity index (χ3n) is 2.79. The van der Waals surface area contributed by atoms with Crippen molar-refractivity contribution in [3.63, 3.8) is 0 Å². The van der Waals surface area contributed by atoms with Crippen molar-refractivity contribution in [1.29, 1.82) is 0 Å². The molecular formula is C13H20O2. The molecule has 0 bridgehead atoms. The summed E-state index contributed by atoms with van der Waals surface area (Å²) in [7, 11) is 0. The molecule has 0 spiro atoms. The van der Waals surface area contributed by atoms with E-state index in [1.807, 2.05) is 0 Å². The summed E-state index contributed by atoms with van der Waals surface area (Å²) in [5, 5.41) is 0. The third-order valence-corrected chi connectivity index (χ3v) is 2.79. The second kappa shape index (κ2) is 5.15. The number of ether oxygens (including phenoxy) is 1. The molecule has 1 atom stereocenters. The Morgan fingerprint density at radius 3 is 2.53 bits per heavy atom. The highest BCUT2D eigenvalue weighted by Crippen LogP contribution is 2.29. The van der Waals surface area contributed by atoms with Crippen LogP contribution >= 0.6 is 0 Å². The zero-order chi connectivity index (χ0) is 11.4. The quantitative estimate of drug-likeness (QED) is 0.395. The maximum absolute atomic E-state index is 11.4. The van der Waals surface area contributed by atoms with Gasteiger partial charge in [0.25, 0.3) is 0 Å². The predicted octanol–water partition coefficient (Wildman–Crippen LogP) is 3.38. The van der Waals surface area contributed by atoms with Gasteiger partial charge in [-0.3, -0.25) is 0 Å². The standard InChI is InChI=1S/C13H20O2/c1-9(2)11-7-5-6-8-12(11)15-13(14)10(3)4/h12H,3,5-8H2,1-2,4H3. The lowest BCUT2D eigenvalue weighted by Gasteiger charge is -2.26. The molecule has 1 aliphatic rings. The molecule has 0 aromatic carbocycles. The molecule has 1 aliphatic carbocycles. The highest BCUT2D eigenvalue weighted by atomic mass is 16.5. The van der Waals surface area contributed by atoms with Gasteiger partial charge in [0.2, 0.25) is 0 Å². The molecule has 1 rings (SSSR count). The first-order valence-corrected chi connectivity index (χ1v) is 5.55. The van der Waals surface area contributed by atoms with Crippen molar-refractivity contribution in [3.8, 4) is 0 Å². The van der Waals surface area contributed by atoms with E-state index in [2.05, 4.69) is 20.4 Å². The van der Waals surface area contributed by atoms with E-state index in [1.54, 1.807) is 6.92 Å². The average molecular weight is 208 g/mol. The number of esters is 1. The van der Waals surface area contributed by atoms with Crippen molar-refractivity contribution >= 4 is 5.97 Å². The van der Waals surface area contributed by atoms with Gasteiger partial charge in [-0.15, -0.1) is 0 Å². The summed E-state index contributed by atoms with van der Waals surface area (Å²) in [6, 6.07) is 0. The molecule has 1 fully saturated rings. The molecule has 0 N–H and O–H groups in total. The van der Waals surface area contributed by atoms with E-state index < -0.39 is 0 Å². The fraction of sp³-hybridized carbons (Fsp3) is 0.615. The van der Waals surface area contributed by atoms with Gasteiger partial charge in [-0.05, 0) is 52.0 Å². The molecule has 0 amide bonds. The normalized spacial score (nSPS) is 21.0. The van der Waals surface area contributed by atoms with Crippen LogP contribution in [0.15, 0.2) is 23.3 Å². The lowest BCUT2D eigenvalue weighted by molar-refractivity contribution is -0.143. The SMILES string of the molecule is C=C(C)C(=O)OC1CCCCC1=C(C)C. The molecule has 2 nitrogen and oxygen atoms in total. The van der Waals surface area contributed by atoms with Gasteiger partial charge in [0, 0.05) is 5.57 Å². The number of carbonyl (C=O) groups excluding carboxylic acids is 1. The minimum absolute atomic E-state index is 0.00653. The van der Waals surface area contributed by atoms with E-state index in [0.717, 1.165) is 19.3 Å². The Morgan fingerprint density at radius 1 is 1.33 bits per heavy atom. The minimum atomic E-state index is -0.263. The lowest BCUT2D eigenvalue weighted by atomic mass is 9.89. The molecule has 0 heterocycles. The first-order chi connectivity index (χ1) is 7.02. The van der Waals surface area contributed by atoms with Crippen LogP contribution in [0.25, 0.3) is 0 Å². The molecule has 0 aromatic heterocycles. The van der Waals surface area contributed by atoms with E-state index >= 15 is 0 Å². The van der Waals surface area contributed by atoms with Crippen LogP contribution in [0.5, 0.6) is 0 Å². The van der Waals surface area contributed by atoms with Gasteiger partial charge in [0.05, 0.1) is 0 Å². The van der Waals surface area contributed by atoms with Crippen LogP contribution in [0.4, 0.5) is 0 Å². The Balaban J connectivity index is 2.70. The first-order valence-electron chi connectivity index (χ1n) is 5.55. The van der Waals surface area contributed by atoms with Gasteiger partial charge in [-0.2, -0.15) is 0 Å². The van der Waals surface area contributed by atoms with E-state index in [-0.39, 0.29) is 12.1 Å². The summed E-state index contributed by atoms with van der Waals surface area (Å²) < 4.78 is 5.43. The van der Waals surface area contributed by atoms with Crippen LogP contribution < -0.4 is 0 Å². The van der Waals surface area contributed by atoms with Crippen LogP contribution in [0.3, 0.4) is 0 Å². The molecule has 0 saturated heterocycles. The van der Waals surface area contributed by atoms with Crippen LogP contribution in [-0.2, 0) is 9.53 Å². The van der Waals surface area contributed by atoms with Gasteiger partial charge in [-0.1, -0.05) is 12.2 Å². The molecule has 0 aliphatic heterocycles. The largest absolute Gasteiger partial charge is 0.454 e. The van der Waals surface area contributed by atoms with Gasteiger partial charge in [-0.25, -0.2) is 4.79 Å². The third kappa shape index (κ3) is 3.22. The highest BCUT2D eigenvalue weighted by molar-refractivity contribution is 5.87. The highest BCUT2D eigenvalue weighted by Gasteiger charge is 2.23. The van der Waals surface area contributed by atoms with Gasteiger partial charge < -0.3 is 4.74 Å². The zero-order valence-electron chi connectivity index (χ0n) is 9.93. The number of allylic oxidation sites excluding steroid dienone is 1. The van der Waals surface area contributed by atoms with Crippen LogP contribution in [0.2, 0.25) is 0 Å². The smallest absolute Gasteiger partial charge is 0.333 e. The first kappa shape index (κ1) is 12.0. The van der Waals surface area contributed by atoms with Crippen molar-refractivity contribution in [2.24, 2.45) is 0 Å². The molecule has 84 valence electrons. The summed E-state index contributed by atoms with van der Waals surface area (Å²) in [5.74, 6) is -0.263. The Kier molecular flexibility index (Phi) is 4.13. The molecule has 0 aromatic rings. The Bertz CT molecular complexity index is 296. The molecule has 2 heteroatoms. The summed E-state index contributed by atoms with van der Waals surface area (Å²) >= 11 is 0. The van der Waals surface area contributed by atoms with Gasteiger partial charge in [0.1, 0.15) is 6.10 Å². The van der Waals surface area contributed by atoms with Crippen molar-refractivity contribution in [2.75, 3.05) is 0 Å². The van der Waals surface area contributed by atoms with E-state index in [9.17, 15) is 4.79 Å². The molecular weight excluding hydrogens is 188 g/mol. The fourth-order valence-corrected chi connectivity index (χ4v) is 1.91. The number of rotatable bonds is 2. The topological polar surface area (TPSA) is 26.3 Å². The average Bonchev–Trinajstić information content (AvgIpc) is 2.18. The molecule has 0 radical (unpaired) electrons. The Labute approximate surface area is 92.0 Å². The molecule has 1 saturated carbocycles. The van der Waals surface area contributed by atoms with Gasteiger partial charge >= 0.3 is 5.97 Å². The summed E-state index contributed by atoms with van der Waals surface area (Å²) in [4.78, 5) is 11.4. The summed E-state index contributed by atoms with van der Waals surface area (Å²) in [5.41, 5.74) is 3.07. The fourth-order valence-electron chi connectivity index (χ4n) is 1.91. The minimum Gasteiger partial charge on any atom is -0.454 e. The number of hydrogen-bond acceptors (Lipinski definition) is 2. The van der Waals surface area contributed by atoms with Crippen LogP contribution in [0.1, 0.15) is 46.5 Å². The summed E-state index contributed by atoms with van der Waals surface area (Å²) in [6.07, 6.45) is 4.37. The zero-order valence-corrected chi connectivity index (χ0v) is 9.93. The van der Waals surface area contributed by atoms with Crippen LogP contribution in [0, 0.1) is 0 Å². The monoisotopic (exact) mass is 208 g/mol. The molecule has 15 heavy (non-hydrogen) atoms. The van der Waals surface area contributed by atoms with E-state index in [0.29, 0.717) is 5.57 Å². The maximum Gasteiger partial charge on any atom is 0.333 e. The predicted molar refractivity (Wildman–Crippen MR) is 61.5 cm³/mol. The van der Waals surface area contributed by atoms with Crippen molar-refractivity contribution < 1.29 is 9.53 Å². The second-order valence-corrected chi connectivity index (χ2v) is 4.45. The van der Waals surface area contributed by atoms with Gasteiger partial charge in [0.15, 0.2) is 0 Å². The molecule has 1 unspecified atom stereocenters. The Morgan fingerprint density at radius 2 is 2.00 bits per heavy atom. The van der Waals surface area contributed by atoms with Crippen molar-refractivity contribution in [1.82, 2.24) is 0 Å². The van der Waals surface area contributed by atoms with Crippen LogP contribution in [-0.4, -0.2) is 12.1 Å². The lowest BCUT2D eigenvalue weighted by Crippen LogP contribution is -2.24. The van der Waals surface area contributed by atoms with E-state index in [4.69, 9.17) is 4.74 Å². The summed E-state index contributed by atoms with van der Waals surface area (Å²) in [6.45, 7) is 9.46. The van der Waals surface area contributed by atoms with Crippen molar-refractivity contribution in [3.05, 3.63) is 23.3 Å². The van der Waals surface area contributed by atoms with Crippen molar-refractivity contribution in [2.45, 2.75) is 52.6 Å². The maximum atomic E-state index is 11.4.